The number of halogens is 4. The smallest absolute Gasteiger partial charge is 0.388 e. The lowest BCUT2D eigenvalue weighted by atomic mass is 10.5. The SMILES string of the molecule is NS(=O)(=O)c1c(I)cc(=O)[nH]c1OC(F)(F)F. The van der Waals surface area contributed by atoms with Crippen LogP contribution in [0.3, 0.4) is 0 Å². The first-order valence-electron chi connectivity index (χ1n) is 3.72. The molecule has 0 aliphatic heterocycles. The van der Waals surface area contributed by atoms with Crippen LogP contribution in [-0.4, -0.2) is 19.8 Å². The number of primary sulfonamides is 1. The Morgan fingerprint density at radius 1 is 1.41 bits per heavy atom. The van der Waals surface area contributed by atoms with E-state index < -0.39 is 32.7 Å². The zero-order valence-corrected chi connectivity index (χ0v) is 10.7. The van der Waals surface area contributed by atoms with Gasteiger partial charge in [-0.1, -0.05) is 0 Å². The maximum absolute atomic E-state index is 12.0. The minimum Gasteiger partial charge on any atom is -0.388 e. The highest BCUT2D eigenvalue weighted by Crippen LogP contribution is 2.28. The van der Waals surface area contributed by atoms with Gasteiger partial charge in [0, 0.05) is 9.64 Å². The van der Waals surface area contributed by atoms with Gasteiger partial charge < -0.3 is 4.74 Å². The minimum atomic E-state index is -5.15. The number of sulfonamides is 1. The van der Waals surface area contributed by atoms with Gasteiger partial charge in [0.2, 0.25) is 15.9 Å². The minimum absolute atomic E-state index is 0.270. The van der Waals surface area contributed by atoms with Gasteiger partial charge in [-0.15, -0.1) is 13.2 Å². The maximum atomic E-state index is 12.0. The Hall–Kier alpha value is -0.820. The molecule has 0 aromatic carbocycles. The molecule has 1 aromatic heterocycles. The Bertz CT molecular complexity index is 594. The van der Waals surface area contributed by atoms with Gasteiger partial charge in [-0.3, -0.25) is 9.78 Å². The fourth-order valence-electron chi connectivity index (χ4n) is 0.947. The van der Waals surface area contributed by atoms with Crippen molar-refractivity contribution in [2.75, 3.05) is 0 Å². The van der Waals surface area contributed by atoms with Gasteiger partial charge in [0.05, 0.1) is 0 Å². The summed E-state index contributed by atoms with van der Waals surface area (Å²) in [4.78, 5) is 11.6. The van der Waals surface area contributed by atoms with Crippen molar-refractivity contribution in [2.45, 2.75) is 11.3 Å². The molecule has 0 atom stereocenters. The van der Waals surface area contributed by atoms with E-state index in [1.54, 1.807) is 4.98 Å². The quantitative estimate of drug-likeness (QED) is 0.727. The van der Waals surface area contributed by atoms with Crippen LogP contribution < -0.4 is 15.4 Å². The van der Waals surface area contributed by atoms with E-state index in [2.05, 4.69) is 4.74 Å². The van der Waals surface area contributed by atoms with E-state index in [0.29, 0.717) is 0 Å². The number of nitrogens with two attached hydrogens (primary N) is 1. The molecule has 0 unspecified atom stereocenters. The second kappa shape index (κ2) is 4.45. The maximum Gasteiger partial charge on any atom is 0.574 e. The molecule has 0 bridgehead atoms. The van der Waals surface area contributed by atoms with Gasteiger partial charge in [-0.25, -0.2) is 13.6 Å². The first kappa shape index (κ1) is 14.2. The highest BCUT2D eigenvalue weighted by molar-refractivity contribution is 14.1. The number of nitrogens with one attached hydrogen (secondary N) is 1. The molecule has 0 amide bonds. The van der Waals surface area contributed by atoms with Crippen LogP contribution in [0, 0.1) is 3.57 Å². The van der Waals surface area contributed by atoms with E-state index in [0.717, 1.165) is 6.07 Å². The van der Waals surface area contributed by atoms with Gasteiger partial charge in [0.15, 0.2) is 4.90 Å². The third-order valence-corrected chi connectivity index (χ3v) is 3.61. The molecule has 0 saturated carbocycles. The van der Waals surface area contributed by atoms with Gasteiger partial charge in [0.25, 0.3) is 5.56 Å². The van der Waals surface area contributed by atoms with Crippen LogP contribution >= 0.6 is 22.6 Å². The van der Waals surface area contributed by atoms with Crippen LogP contribution in [0.1, 0.15) is 0 Å². The molecule has 17 heavy (non-hydrogen) atoms. The van der Waals surface area contributed by atoms with Gasteiger partial charge >= 0.3 is 6.36 Å². The largest absolute Gasteiger partial charge is 0.574 e. The summed E-state index contributed by atoms with van der Waals surface area (Å²) in [6.07, 6.45) is -5.15. The lowest BCUT2D eigenvalue weighted by Crippen LogP contribution is -2.25. The molecule has 3 N–H and O–H groups in total. The molecule has 0 fully saturated rings. The van der Waals surface area contributed by atoms with Gasteiger partial charge in [-0.2, -0.15) is 0 Å². The highest BCUT2D eigenvalue weighted by Gasteiger charge is 2.35. The number of alkyl halides is 3. The average molecular weight is 384 g/mol. The second-order valence-electron chi connectivity index (χ2n) is 2.73. The molecule has 0 radical (unpaired) electrons. The fraction of sp³-hybridized carbons (Fsp3) is 0.167. The van der Waals surface area contributed by atoms with Crippen LogP contribution in [0.2, 0.25) is 0 Å². The van der Waals surface area contributed by atoms with E-state index in [4.69, 9.17) is 5.14 Å². The van der Waals surface area contributed by atoms with E-state index in [1.807, 2.05) is 0 Å². The topological polar surface area (TPSA) is 102 Å². The molecule has 0 spiro atoms. The Kier molecular flexibility index (Phi) is 3.73. The number of hydrogen-bond donors (Lipinski definition) is 2. The highest BCUT2D eigenvalue weighted by atomic mass is 127. The van der Waals surface area contributed by atoms with E-state index in [1.165, 1.54) is 22.6 Å². The number of aromatic amines is 1. The summed E-state index contributed by atoms with van der Waals surface area (Å²) in [7, 11) is -4.46. The van der Waals surface area contributed by atoms with Crippen molar-refractivity contribution in [2.24, 2.45) is 5.14 Å². The summed E-state index contributed by atoms with van der Waals surface area (Å²) in [5, 5.41) is 4.73. The van der Waals surface area contributed by atoms with E-state index in [-0.39, 0.29) is 3.57 Å². The molecule has 0 aliphatic rings. The van der Waals surface area contributed by atoms with Crippen molar-refractivity contribution in [3.63, 3.8) is 0 Å². The number of rotatable bonds is 2. The summed E-state index contributed by atoms with van der Waals surface area (Å²) in [5.41, 5.74) is -0.943. The average Bonchev–Trinajstić information content (AvgIpc) is 1.94. The zero-order chi connectivity index (χ0) is 13.4. The van der Waals surface area contributed by atoms with Gasteiger partial charge in [0.1, 0.15) is 0 Å². The lowest BCUT2D eigenvalue weighted by Gasteiger charge is -2.12. The summed E-state index contributed by atoms with van der Waals surface area (Å²) in [5.74, 6) is -1.25. The number of H-pyrrole nitrogens is 1. The molecular formula is C6H4F3IN2O4S. The molecular weight excluding hydrogens is 380 g/mol. The number of pyridine rings is 1. The molecule has 96 valence electrons. The molecule has 6 nitrogen and oxygen atoms in total. The van der Waals surface area contributed by atoms with Crippen LogP contribution in [0.5, 0.6) is 5.88 Å². The first-order valence-corrected chi connectivity index (χ1v) is 6.34. The summed E-state index contributed by atoms with van der Waals surface area (Å²) in [6, 6.07) is 0.781. The first-order chi connectivity index (χ1) is 7.50. The predicted molar refractivity (Wildman–Crippen MR) is 57.8 cm³/mol. The standard InChI is InChI=1S/C6H4F3IN2O4S/c7-6(8,9)16-5-4(17(11,14)15)2(10)1-3(13)12-5/h1H,(H,12,13)(H2,11,14,15). The van der Waals surface area contributed by atoms with Crippen molar-refractivity contribution in [1.82, 2.24) is 4.98 Å². The lowest BCUT2D eigenvalue weighted by molar-refractivity contribution is -0.277. The second-order valence-corrected chi connectivity index (χ2v) is 5.39. The summed E-state index contributed by atoms with van der Waals surface area (Å²) >= 11 is 1.36. The Morgan fingerprint density at radius 2 is 1.94 bits per heavy atom. The predicted octanol–water partition coefficient (Wildman–Crippen LogP) is 0.526. The third kappa shape index (κ3) is 3.85. The zero-order valence-electron chi connectivity index (χ0n) is 7.71. The Balaban J connectivity index is 3.53. The summed E-state index contributed by atoms with van der Waals surface area (Å²) in [6.45, 7) is 0. The van der Waals surface area contributed by atoms with Crippen molar-refractivity contribution in [3.8, 4) is 5.88 Å². The van der Waals surface area contributed by atoms with Crippen molar-refractivity contribution in [1.29, 1.82) is 0 Å². The molecule has 1 rings (SSSR count). The molecule has 1 heterocycles. The van der Waals surface area contributed by atoms with Crippen molar-refractivity contribution in [3.05, 3.63) is 20.0 Å². The van der Waals surface area contributed by atoms with Crippen molar-refractivity contribution >= 4 is 32.6 Å². The third-order valence-electron chi connectivity index (χ3n) is 1.42. The van der Waals surface area contributed by atoms with E-state index in [9.17, 15) is 26.4 Å². The molecule has 0 saturated heterocycles. The number of aromatic nitrogens is 1. The monoisotopic (exact) mass is 384 g/mol. The van der Waals surface area contributed by atoms with Crippen molar-refractivity contribution < 1.29 is 26.3 Å². The summed E-state index contributed by atoms with van der Waals surface area (Å²) < 4.78 is 61.3. The molecule has 11 heteroatoms. The van der Waals surface area contributed by atoms with Crippen LogP contribution in [0.4, 0.5) is 13.2 Å². The van der Waals surface area contributed by atoms with E-state index >= 15 is 0 Å². The Labute approximate surface area is 106 Å². The number of ether oxygens (including phenoxy) is 1. The number of hydrogen-bond acceptors (Lipinski definition) is 4. The van der Waals surface area contributed by atoms with Gasteiger partial charge in [-0.05, 0) is 22.6 Å². The normalized spacial score (nSPS) is 12.5. The molecule has 1 aromatic rings. The van der Waals surface area contributed by atoms with Crippen LogP contribution in [0.25, 0.3) is 0 Å². The van der Waals surface area contributed by atoms with Crippen LogP contribution in [-0.2, 0) is 10.0 Å². The van der Waals surface area contributed by atoms with Crippen LogP contribution in [0.15, 0.2) is 15.8 Å². The Morgan fingerprint density at radius 3 is 2.35 bits per heavy atom. The fourth-order valence-corrected chi connectivity index (χ4v) is 3.08. The molecule has 0 aliphatic carbocycles.